The van der Waals surface area contributed by atoms with Crippen LogP contribution in [0.5, 0.6) is 0 Å². The van der Waals surface area contributed by atoms with Crippen molar-refractivity contribution in [2.45, 2.75) is 6.92 Å². The van der Waals surface area contributed by atoms with Gasteiger partial charge in [0.25, 0.3) is 5.69 Å². The molecule has 1 aliphatic heterocycles. The predicted octanol–water partition coefficient (Wildman–Crippen LogP) is 1.55. The smallest absolute Gasteiger partial charge is 0.270 e. The molecular weight excluding hydrogens is 246 g/mol. The Morgan fingerprint density at radius 2 is 1.89 bits per heavy atom. The second kappa shape index (κ2) is 5.36. The summed E-state index contributed by atoms with van der Waals surface area (Å²) in [6.07, 6.45) is 0. The van der Waals surface area contributed by atoms with Crippen LogP contribution in [0.1, 0.15) is 17.3 Å². The van der Waals surface area contributed by atoms with Crippen LogP contribution in [-0.4, -0.2) is 48.8 Å². The molecule has 0 saturated carbocycles. The van der Waals surface area contributed by atoms with Crippen molar-refractivity contribution in [1.29, 1.82) is 0 Å². The van der Waals surface area contributed by atoms with E-state index in [0.717, 1.165) is 31.9 Å². The van der Waals surface area contributed by atoms with E-state index in [9.17, 15) is 14.9 Å². The molecule has 0 aliphatic carbocycles. The minimum absolute atomic E-state index is 0.0388. The zero-order valence-electron chi connectivity index (χ0n) is 11.1. The van der Waals surface area contributed by atoms with Gasteiger partial charge in [0.2, 0.25) is 0 Å². The van der Waals surface area contributed by atoms with Crippen LogP contribution in [0.3, 0.4) is 0 Å². The molecule has 6 nitrogen and oxygen atoms in total. The third kappa shape index (κ3) is 2.90. The summed E-state index contributed by atoms with van der Waals surface area (Å²) in [4.78, 5) is 26.3. The van der Waals surface area contributed by atoms with Crippen molar-refractivity contribution in [3.63, 3.8) is 0 Å². The van der Waals surface area contributed by atoms with Crippen molar-refractivity contribution in [1.82, 2.24) is 4.90 Å². The Morgan fingerprint density at radius 1 is 1.26 bits per heavy atom. The lowest BCUT2D eigenvalue weighted by molar-refractivity contribution is -0.384. The number of non-ortho nitro benzene ring substituents is 1. The zero-order chi connectivity index (χ0) is 14.0. The second-order valence-electron chi connectivity index (χ2n) is 4.81. The van der Waals surface area contributed by atoms with Crippen molar-refractivity contribution >= 4 is 17.2 Å². The molecule has 1 aromatic carbocycles. The molecule has 0 N–H and O–H groups in total. The lowest BCUT2D eigenvalue weighted by Gasteiger charge is -2.34. The number of nitro groups is 1. The number of hydrogen-bond donors (Lipinski definition) is 0. The number of carbonyl (C=O) groups excluding carboxylic acids is 1. The van der Waals surface area contributed by atoms with Crippen molar-refractivity contribution in [3.05, 3.63) is 33.9 Å². The highest BCUT2D eigenvalue weighted by Crippen LogP contribution is 2.26. The van der Waals surface area contributed by atoms with E-state index in [-0.39, 0.29) is 11.5 Å². The molecule has 0 unspecified atom stereocenters. The average molecular weight is 263 g/mol. The van der Waals surface area contributed by atoms with Crippen LogP contribution in [0, 0.1) is 10.1 Å². The average Bonchev–Trinajstić information content (AvgIpc) is 2.38. The highest BCUT2D eigenvalue weighted by atomic mass is 16.6. The first-order valence-corrected chi connectivity index (χ1v) is 6.22. The van der Waals surface area contributed by atoms with Crippen molar-refractivity contribution < 1.29 is 9.72 Å². The molecule has 1 fully saturated rings. The molecule has 19 heavy (non-hydrogen) atoms. The van der Waals surface area contributed by atoms with E-state index in [4.69, 9.17) is 0 Å². The Balaban J connectivity index is 2.34. The first-order valence-electron chi connectivity index (χ1n) is 6.22. The van der Waals surface area contributed by atoms with E-state index in [1.54, 1.807) is 6.07 Å². The van der Waals surface area contributed by atoms with E-state index in [2.05, 4.69) is 16.8 Å². The van der Waals surface area contributed by atoms with Gasteiger partial charge in [-0.1, -0.05) is 0 Å². The van der Waals surface area contributed by atoms with Gasteiger partial charge < -0.3 is 9.80 Å². The van der Waals surface area contributed by atoms with Crippen LogP contribution in [0.2, 0.25) is 0 Å². The Morgan fingerprint density at radius 3 is 2.42 bits per heavy atom. The molecule has 0 amide bonds. The number of Topliss-reactive ketones (excluding diaryl/α,β-unsaturated/α-hetero) is 1. The van der Waals surface area contributed by atoms with Crippen LogP contribution in [0.4, 0.5) is 11.4 Å². The molecule has 0 bridgehead atoms. The van der Waals surface area contributed by atoms with Crippen LogP contribution in [0.25, 0.3) is 0 Å². The number of rotatable bonds is 3. The summed E-state index contributed by atoms with van der Waals surface area (Å²) in [5.74, 6) is -0.141. The maximum absolute atomic E-state index is 11.7. The number of hydrogen-bond acceptors (Lipinski definition) is 5. The standard InChI is InChI=1S/C13H17N3O3/c1-10(17)12-9-11(16(18)19)3-4-13(12)15-7-5-14(2)6-8-15/h3-4,9H,5-8H2,1-2H3. The van der Waals surface area contributed by atoms with Gasteiger partial charge in [-0.3, -0.25) is 14.9 Å². The van der Waals surface area contributed by atoms with Gasteiger partial charge in [0.05, 0.1) is 4.92 Å². The Bertz CT molecular complexity index is 508. The topological polar surface area (TPSA) is 66.7 Å². The highest BCUT2D eigenvalue weighted by molar-refractivity contribution is 6.00. The number of benzene rings is 1. The van der Waals surface area contributed by atoms with Crippen LogP contribution in [0.15, 0.2) is 18.2 Å². The fourth-order valence-corrected chi connectivity index (χ4v) is 2.24. The number of nitrogens with zero attached hydrogens (tertiary/aromatic N) is 3. The van der Waals surface area contributed by atoms with Crippen LogP contribution >= 0.6 is 0 Å². The summed E-state index contributed by atoms with van der Waals surface area (Å²) in [7, 11) is 2.05. The number of carbonyl (C=O) groups is 1. The summed E-state index contributed by atoms with van der Waals surface area (Å²) >= 11 is 0. The highest BCUT2D eigenvalue weighted by Gasteiger charge is 2.21. The summed E-state index contributed by atoms with van der Waals surface area (Å²) in [6.45, 7) is 4.95. The first-order chi connectivity index (χ1) is 8.99. The number of anilines is 1. The Labute approximate surface area is 111 Å². The van der Waals surface area contributed by atoms with Crippen molar-refractivity contribution in [2.24, 2.45) is 0 Å². The normalized spacial score (nSPS) is 16.4. The third-order valence-corrected chi connectivity index (χ3v) is 3.41. The Hall–Kier alpha value is -1.95. The van der Waals surface area contributed by atoms with Crippen molar-refractivity contribution in [2.75, 3.05) is 38.1 Å². The molecule has 6 heteroatoms. The lowest BCUT2D eigenvalue weighted by Crippen LogP contribution is -2.44. The van der Waals surface area contributed by atoms with Gasteiger partial charge in [0.1, 0.15) is 0 Å². The molecule has 1 heterocycles. The zero-order valence-corrected chi connectivity index (χ0v) is 11.1. The summed E-state index contributed by atoms with van der Waals surface area (Å²) in [5.41, 5.74) is 1.19. The van der Waals surface area contributed by atoms with Crippen LogP contribution in [-0.2, 0) is 0 Å². The van der Waals surface area contributed by atoms with Crippen molar-refractivity contribution in [3.8, 4) is 0 Å². The van der Waals surface area contributed by atoms with E-state index >= 15 is 0 Å². The van der Waals surface area contributed by atoms with E-state index in [0.29, 0.717) is 5.56 Å². The predicted molar refractivity (Wildman–Crippen MR) is 72.8 cm³/mol. The molecule has 1 aliphatic rings. The maximum atomic E-state index is 11.7. The van der Waals surface area contributed by atoms with Gasteiger partial charge in [-0.15, -0.1) is 0 Å². The first kappa shape index (κ1) is 13.5. The summed E-state index contributed by atoms with van der Waals surface area (Å²) in [6, 6.07) is 4.51. The molecular formula is C13H17N3O3. The minimum atomic E-state index is -0.472. The van der Waals surface area contributed by atoms with Gasteiger partial charge in [0, 0.05) is 49.6 Å². The SMILES string of the molecule is CC(=O)c1cc([N+](=O)[O-])ccc1N1CCN(C)CC1. The number of likely N-dealkylation sites (N-methyl/N-ethyl adjacent to an activating group) is 1. The number of ketones is 1. The van der Waals surface area contributed by atoms with Gasteiger partial charge in [-0.05, 0) is 20.0 Å². The molecule has 1 saturated heterocycles. The number of nitro benzene ring substituents is 1. The fraction of sp³-hybridized carbons (Fsp3) is 0.462. The minimum Gasteiger partial charge on any atom is -0.368 e. The molecule has 2 rings (SSSR count). The molecule has 0 aromatic heterocycles. The lowest BCUT2D eigenvalue weighted by atomic mass is 10.1. The summed E-state index contributed by atoms with van der Waals surface area (Å²) in [5, 5.41) is 10.8. The molecule has 1 aromatic rings. The van der Waals surface area contributed by atoms with Gasteiger partial charge >= 0.3 is 0 Å². The maximum Gasteiger partial charge on any atom is 0.270 e. The third-order valence-electron chi connectivity index (χ3n) is 3.41. The second-order valence-corrected chi connectivity index (χ2v) is 4.81. The summed E-state index contributed by atoms with van der Waals surface area (Å²) < 4.78 is 0. The number of piperazine rings is 1. The Kier molecular flexibility index (Phi) is 3.80. The van der Waals surface area contributed by atoms with Gasteiger partial charge in [-0.2, -0.15) is 0 Å². The molecule has 0 radical (unpaired) electrons. The molecule has 102 valence electrons. The van der Waals surface area contributed by atoms with E-state index < -0.39 is 4.92 Å². The quantitative estimate of drug-likeness (QED) is 0.470. The fourth-order valence-electron chi connectivity index (χ4n) is 2.24. The molecule has 0 spiro atoms. The van der Waals surface area contributed by atoms with Gasteiger partial charge in [-0.25, -0.2) is 0 Å². The van der Waals surface area contributed by atoms with E-state index in [1.807, 2.05) is 0 Å². The largest absolute Gasteiger partial charge is 0.368 e. The van der Waals surface area contributed by atoms with Crippen LogP contribution < -0.4 is 4.90 Å². The van der Waals surface area contributed by atoms with Gasteiger partial charge in [0.15, 0.2) is 5.78 Å². The van der Waals surface area contributed by atoms with E-state index in [1.165, 1.54) is 19.1 Å². The molecule has 0 atom stereocenters. The monoisotopic (exact) mass is 263 g/mol.